The summed E-state index contributed by atoms with van der Waals surface area (Å²) in [6, 6.07) is 24.8. The number of aromatic hydroxyl groups is 1. The van der Waals surface area contributed by atoms with Crippen LogP contribution >= 0.6 is 0 Å². The van der Waals surface area contributed by atoms with E-state index in [-0.39, 0.29) is 17.3 Å². The van der Waals surface area contributed by atoms with Crippen molar-refractivity contribution in [2.24, 2.45) is 5.10 Å². The minimum atomic E-state index is -0.502. The molecule has 4 aromatic carbocycles. The number of amides is 1. The van der Waals surface area contributed by atoms with E-state index in [2.05, 4.69) is 15.3 Å². The quantitative estimate of drug-likeness (QED) is 0.240. The number of phenols is 1. The minimum Gasteiger partial charge on any atom is -0.507 e. The Morgan fingerprint density at radius 1 is 0.941 bits per heavy atom. The highest BCUT2D eigenvalue weighted by atomic mass is 16.5. The normalized spacial score (nSPS) is 10.9. The minimum absolute atomic E-state index is 0.104. The lowest BCUT2D eigenvalue weighted by molar-refractivity contribution is 0.0600. The molecule has 0 aromatic heterocycles. The van der Waals surface area contributed by atoms with Crippen molar-refractivity contribution < 1.29 is 24.2 Å². The molecule has 34 heavy (non-hydrogen) atoms. The topological polar surface area (TPSA) is 97.2 Å². The van der Waals surface area contributed by atoms with Gasteiger partial charge in [-0.2, -0.15) is 5.10 Å². The Hall–Kier alpha value is -4.65. The van der Waals surface area contributed by atoms with Gasteiger partial charge in [0, 0.05) is 0 Å². The van der Waals surface area contributed by atoms with Crippen LogP contribution in [0.2, 0.25) is 0 Å². The first-order chi connectivity index (χ1) is 16.5. The Morgan fingerprint density at radius 2 is 1.62 bits per heavy atom. The number of phenolic OH excluding ortho intramolecular Hbond substituents is 1. The van der Waals surface area contributed by atoms with Crippen LogP contribution in [0, 0.1) is 0 Å². The van der Waals surface area contributed by atoms with Gasteiger partial charge in [-0.1, -0.05) is 36.4 Å². The van der Waals surface area contributed by atoms with Crippen LogP contribution in [0.25, 0.3) is 10.8 Å². The van der Waals surface area contributed by atoms with Crippen LogP contribution in [0.3, 0.4) is 0 Å². The van der Waals surface area contributed by atoms with Crippen molar-refractivity contribution in [1.29, 1.82) is 0 Å². The second kappa shape index (κ2) is 10.3. The molecule has 7 nitrogen and oxygen atoms in total. The number of carbonyl (C=O) groups excluding carboxylic acids is 2. The molecule has 0 aliphatic heterocycles. The summed E-state index contributed by atoms with van der Waals surface area (Å²) in [5.74, 6) is -0.320. The third-order valence-electron chi connectivity index (χ3n) is 5.15. The predicted octanol–water partition coefficient (Wildman–Crippen LogP) is 4.67. The standard InChI is InChI=1S/C27H22N2O5/c1-33-27(32)20-10-6-19(7-11-20)17-34-23-12-8-18(9-13-23)16-28-29-26(31)24-14-21-4-2-3-5-22(21)15-25(24)30/h2-16,30H,17H2,1H3,(H,29,31). The summed E-state index contributed by atoms with van der Waals surface area (Å²) >= 11 is 0. The number of hydrazone groups is 1. The number of ether oxygens (including phenoxy) is 2. The van der Waals surface area contributed by atoms with E-state index in [9.17, 15) is 14.7 Å². The number of fused-ring (bicyclic) bond motifs is 1. The number of benzene rings is 4. The zero-order chi connectivity index (χ0) is 23.9. The van der Waals surface area contributed by atoms with Gasteiger partial charge < -0.3 is 14.6 Å². The molecule has 4 aromatic rings. The van der Waals surface area contributed by atoms with Crippen LogP contribution in [0.1, 0.15) is 31.8 Å². The van der Waals surface area contributed by atoms with Crippen LogP contribution in [0.4, 0.5) is 0 Å². The Bertz CT molecular complexity index is 1350. The van der Waals surface area contributed by atoms with E-state index in [1.807, 2.05) is 36.4 Å². The summed E-state index contributed by atoms with van der Waals surface area (Å²) in [6.45, 7) is 0.347. The number of hydrogen-bond donors (Lipinski definition) is 2. The van der Waals surface area contributed by atoms with Crippen LogP contribution in [-0.4, -0.2) is 30.3 Å². The molecule has 170 valence electrons. The lowest BCUT2D eigenvalue weighted by atomic mass is 10.1. The molecular weight excluding hydrogens is 432 g/mol. The summed E-state index contributed by atoms with van der Waals surface area (Å²) < 4.78 is 10.5. The number of nitrogens with one attached hydrogen (secondary N) is 1. The molecule has 0 saturated heterocycles. The summed E-state index contributed by atoms with van der Waals surface area (Å²) in [5.41, 5.74) is 4.75. The van der Waals surface area contributed by atoms with Crippen molar-refractivity contribution in [3.8, 4) is 11.5 Å². The fourth-order valence-corrected chi connectivity index (χ4v) is 3.31. The molecule has 0 spiro atoms. The van der Waals surface area contributed by atoms with E-state index in [0.29, 0.717) is 17.9 Å². The number of methoxy groups -OCH3 is 1. The van der Waals surface area contributed by atoms with Crippen LogP contribution in [0.15, 0.2) is 90.0 Å². The van der Waals surface area contributed by atoms with Gasteiger partial charge in [0.15, 0.2) is 0 Å². The number of nitrogens with zero attached hydrogens (tertiary/aromatic N) is 1. The highest BCUT2D eigenvalue weighted by Gasteiger charge is 2.11. The summed E-state index contributed by atoms with van der Waals surface area (Å²) in [6.07, 6.45) is 1.51. The van der Waals surface area contributed by atoms with Crippen molar-refractivity contribution >= 4 is 28.9 Å². The highest BCUT2D eigenvalue weighted by molar-refractivity contribution is 6.01. The number of carbonyl (C=O) groups is 2. The first kappa shape index (κ1) is 22.5. The van der Waals surface area contributed by atoms with Crippen molar-refractivity contribution in [3.63, 3.8) is 0 Å². The second-order valence-electron chi connectivity index (χ2n) is 7.46. The second-order valence-corrected chi connectivity index (χ2v) is 7.46. The molecule has 0 bridgehead atoms. The third kappa shape index (κ3) is 5.39. The third-order valence-corrected chi connectivity index (χ3v) is 5.15. The molecule has 0 atom stereocenters. The lowest BCUT2D eigenvalue weighted by Gasteiger charge is -2.07. The van der Waals surface area contributed by atoms with Gasteiger partial charge in [-0.15, -0.1) is 0 Å². The van der Waals surface area contributed by atoms with Crippen LogP contribution in [0.5, 0.6) is 11.5 Å². The van der Waals surface area contributed by atoms with E-state index in [1.54, 1.807) is 48.5 Å². The zero-order valence-corrected chi connectivity index (χ0v) is 18.4. The molecule has 2 N–H and O–H groups in total. The monoisotopic (exact) mass is 454 g/mol. The molecule has 0 aliphatic carbocycles. The van der Waals surface area contributed by atoms with Gasteiger partial charge in [0.25, 0.3) is 5.91 Å². The SMILES string of the molecule is COC(=O)c1ccc(COc2ccc(C=NNC(=O)c3cc4ccccc4cc3O)cc2)cc1. The molecule has 0 saturated carbocycles. The van der Waals surface area contributed by atoms with E-state index in [4.69, 9.17) is 4.74 Å². The number of rotatable bonds is 7. The molecule has 0 heterocycles. The van der Waals surface area contributed by atoms with E-state index >= 15 is 0 Å². The number of hydrogen-bond acceptors (Lipinski definition) is 6. The van der Waals surface area contributed by atoms with Gasteiger partial charge in [0.2, 0.25) is 0 Å². The highest BCUT2D eigenvalue weighted by Crippen LogP contribution is 2.24. The summed E-state index contributed by atoms with van der Waals surface area (Å²) in [7, 11) is 1.34. The smallest absolute Gasteiger partial charge is 0.337 e. The first-order valence-electron chi connectivity index (χ1n) is 10.5. The van der Waals surface area contributed by atoms with Gasteiger partial charge in [-0.05, 0) is 70.4 Å². The summed E-state index contributed by atoms with van der Waals surface area (Å²) in [4.78, 5) is 23.9. The first-order valence-corrected chi connectivity index (χ1v) is 10.5. The number of esters is 1. The Kier molecular flexibility index (Phi) is 6.84. The lowest BCUT2D eigenvalue weighted by Crippen LogP contribution is -2.17. The maximum Gasteiger partial charge on any atom is 0.337 e. The van der Waals surface area contributed by atoms with E-state index < -0.39 is 5.91 Å². The molecule has 0 radical (unpaired) electrons. The van der Waals surface area contributed by atoms with E-state index in [1.165, 1.54) is 13.3 Å². The Labute approximate surface area is 196 Å². The largest absolute Gasteiger partial charge is 0.507 e. The molecule has 0 aliphatic rings. The summed E-state index contributed by atoms with van der Waals surface area (Å²) in [5, 5.41) is 15.8. The van der Waals surface area contributed by atoms with Gasteiger partial charge in [0.05, 0.1) is 24.5 Å². The maximum absolute atomic E-state index is 12.4. The Balaban J connectivity index is 1.32. The molecule has 7 heteroatoms. The maximum atomic E-state index is 12.4. The van der Waals surface area contributed by atoms with Crippen molar-refractivity contribution in [1.82, 2.24) is 5.43 Å². The van der Waals surface area contributed by atoms with Crippen molar-refractivity contribution in [2.75, 3.05) is 7.11 Å². The Morgan fingerprint density at radius 3 is 2.29 bits per heavy atom. The van der Waals surface area contributed by atoms with Gasteiger partial charge in [-0.25, -0.2) is 10.2 Å². The molecule has 4 rings (SSSR count). The average Bonchev–Trinajstić information content (AvgIpc) is 2.87. The molecule has 0 fully saturated rings. The van der Waals surface area contributed by atoms with E-state index in [0.717, 1.165) is 21.9 Å². The molecule has 0 unspecified atom stereocenters. The van der Waals surface area contributed by atoms with Crippen LogP contribution < -0.4 is 10.2 Å². The predicted molar refractivity (Wildman–Crippen MR) is 129 cm³/mol. The molecule has 1 amide bonds. The average molecular weight is 454 g/mol. The van der Waals surface area contributed by atoms with Gasteiger partial charge in [0.1, 0.15) is 18.1 Å². The van der Waals surface area contributed by atoms with Crippen molar-refractivity contribution in [3.05, 3.63) is 107 Å². The van der Waals surface area contributed by atoms with Gasteiger partial charge in [-0.3, -0.25) is 4.79 Å². The zero-order valence-electron chi connectivity index (χ0n) is 18.4. The molecular formula is C27H22N2O5. The van der Waals surface area contributed by atoms with Crippen LogP contribution in [-0.2, 0) is 11.3 Å². The fraction of sp³-hybridized carbons (Fsp3) is 0.0741. The van der Waals surface area contributed by atoms with Crippen molar-refractivity contribution in [2.45, 2.75) is 6.61 Å². The van der Waals surface area contributed by atoms with Gasteiger partial charge >= 0.3 is 5.97 Å². The fourth-order valence-electron chi connectivity index (χ4n) is 3.31.